The van der Waals surface area contributed by atoms with Crippen LogP contribution in [0, 0.1) is 6.92 Å². The summed E-state index contributed by atoms with van der Waals surface area (Å²) in [5.41, 5.74) is 10.7. The van der Waals surface area contributed by atoms with Gasteiger partial charge in [0.15, 0.2) is 17.3 Å². The fraction of sp³-hybridized carbons (Fsp3) is 0.105. The number of nitrogen functional groups attached to an aromatic ring is 1. The van der Waals surface area contributed by atoms with Crippen LogP contribution in [-0.2, 0) is 6.42 Å². The molecule has 0 atom stereocenters. The second-order valence-electron chi connectivity index (χ2n) is 5.72. The Labute approximate surface area is 139 Å². The maximum Gasteiger partial charge on any atom is 0.198 e. The molecule has 24 heavy (non-hydrogen) atoms. The molecule has 0 amide bonds. The van der Waals surface area contributed by atoms with E-state index < -0.39 is 0 Å². The molecule has 2 heterocycles. The summed E-state index contributed by atoms with van der Waals surface area (Å²) in [6.07, 6.45) is 0.669. The molecule has 2 N–H and O–H groups in total. The SMILES string of the molecule is Cc1c(-c2ccccc2)nc(N)c2nc(Cc3ccccc3)nn12. The first kappa shape index (κ1) is 14.4. The Morgan fingerprint density at radius 2 is 1.58 bits per heavy atom. The molecule has 0 saturated heterocycles. The molecule has 0 unspecified atom stereocenters. The van der Waals surface area contributed by atoms with Crippen LogP contribution in [0.2, 0.25) is 0 Å². The summed E-state index contributed by atoms with van der Waals surface area (Å²) in [6.45, 7) is 1.99. The average molecular weight is 315 g/mol. The van der Waals surface area contributed by atoms with Crippen LogP contribution >= 0.6 is 0 Å². The highest BCUT2D eigenvalue weighted by Gasteiger charge is 2.15. The third kappa shape index (κ3) is 2.50. The molecule has 0 radical (unpaired) electrons. The van der Waals surface area contributed by atoms with Crippen LogP contribution in [0.5, 0.6) is 0 Å². The van der Waals surface area contributed by atoms with Crippen molar-refractivity contribution in [1.82, 2.24) is 19.6 Å². The minimum absolute atomic E-state index is 0.395. The van der Waals surface area contributed by atoms with E-state index in [1.165, 1.54) is 5.56 Å². The van der Waals surface area contributed by atoms with Crippen LogP contribution in [0.1, 0.15) is 17.1 Å². The Kier molecular flexibility index (Phi) is 3.46. The molecule has 2 aromatic carbocycles. The van der Waals surface area contributed by atoms with Crippen molar-refractivity contribution in [3.05, 3.63) is 77.7 Å². The molecule has 5 nitrogen and oxygen atoms in total. The molecule has 4 aromatic rings. The summed E-state index contributed by atoms with van der Waals surface area (Å²) >= 11 is 0. The Morgan fingerprint density at radius 1 is 0.917 bits per heavy atom. The molecule has 0 aliphatic heterocycles. The first-order valence-electron chi connectivity index (χ1n) is 7.83. The van der Waals surface area contributed by atoms with Crippen molar-refractivity contribution >= 4 is 11.5 Å². The van der Waals surface area contributed by atoms with Gasteiger partial charge in [-0.15, -0.1) is 0 Å². The van der Waals surface area contributed by atoms with Crippen molar-refractivity contribution in [2.75, 3.05) is 5.73 Å². The van der Waals surface area contributed by atoms with Crippen LogP contribution in [0.3, 0.4) is 0 Å². The molecule has 118 valence electrons. The smallest absolute Gasteiger partial charge is 0.198 e. The van der Waals surface area contributed by atoms with Gasteiger partial charge in [-0.05, 0) is 12.5 Å². The number of nitrogens with two attached hydrogens (primary N) is 1. The number of hydrogen-bond acceptors (Lipinski definition) is 4. The number of aryl methyl sites for hydroxylation is 1. The number of rotatable bonds is 3. The van der Waals surface area contributed by atoms with E-state index in [0.29, 0.717) is 17.9 Å². The van der Waals surface area contributed by atoms with Gasteiger partial charge in [-0.1, -0.05) is 60.7 Å². The fourth-order valence-electron chi connectivity index (χ4n) is 2.83. The zero-order valence-corrected chi connectivity index (χ0v) is 13.3. The summed E-state index contributed by atoms with van der Waals surface area (Å²) < 4.78 is 1.79. The lowest BCUT2D eigenvalue weighted by molar-refractivity contribution is 0.865. The Morgan fingerprint density at radius 3 is 2.29 bits per heavy atom. The molecule has 0 bridgehead atoms. The van der Waals surface area contributed by atoms with E-state index in [9.17, 15) is 0 Å². The van der Waals surface area contributed by atoms with Crippen molar-refractivity contribution < 1.29 is 0 Å². The maximum absolute atomic E-state index is 6.14. The zero-order chi connectivity index (χ0) is 16.5. The van der Waals surface area contributed by atoms with Crippen molar-refractivity contribution in [3.8, 4) is 11.3 Å². The lowest BCUT2D eigenvalue weighted by Crippen LogP contribution is -2.04. The first-order chi connectivity index (χ1) is 11.7. The van der Waals surface area contributed by atoms with Gasteiger partial charge in [-0.25, -0.2) is 14.5 Å². The van der Waals surface area contributed by atoms with Crippen molar-refractivity contribution in [3.63, 3.8) is 0 Å². The highest BCUT2D eigenvalue weighted by Crippen LogP contribution is 2.24. The van der Waals surface area contributed by atoms with E-state index in [0.717, 1.165) is 22.8 Å². The summed E-state index contributed by atoms with van der Waals surface area (Å²) in [5.74, 6) is 1.13. The van der Waals surface area contributed by atoms with E-state index in [4.69, 9.17) is 5.73 Å². The minimum Gasteiger partial charge on any atom is -0.381 e. The van der Waals surface area contributed by atoms with Crippen LogP contribution < -0.4 is 5.73 Å². The molecule has 0 saturated carbocycles. The fourth-order valence-corrected chi connectivity index (χ4v) is 2.83. The zero-order valence-electron chi connectivity index (χ0n) is 13.3. The summed E-state index contributed by atoms with van der Waals surface area (Å²) in [7, 11) is 0. The molecule has 0 aliphatic rings. The van der Waals surface area contributed by atoms with Gasteiger partial charge in [0.25, 0.3) is 0 Å². The number of nitrogens with zero attached hydrogens (tertiary/aromatic N) is 4. The van der Waals surface area contributed by atoms with Crippen molar-refractivity contribution in [1.29, 1.82) is 0 Å². The standard InChI is InChI=1S/C19H17N5/c1-13-17(15-10-6-3-7-11-15)22-18(20)19-21-16(23-24(13)19)12-14-8-4-2-5-9-14/h2-11H,12H2,1H3,(H2,20,22). The van der Waals surface area contributed by atoms with E-state index >= 15 is 0 Å². The van der Waals surface area contributed by atoms with Crippen LogP contribution in [-0.4, -0.2) is 19.6 Å². The minimum atomic E-state index is 0.395. The van der Waals surface area contributed by atoms with E-state index in [-0.39, 0.29) is 0 Å². The average Bonchev–Trinajstić information content (AvgIpc) is 3.04. The predicted molar refractivity (Wildman–Crippen MR) is 94.6 cm³/mol. The highest BCUT2D eigenvalue weighted by atomic mass is 15.3. The first-order valence-corrected chi connectivity index (χ1v) is 7.83. The largest absolute Gasteiger partial charge is 0.381 e. The third-order valence-corrected chi connectivity index (χ3v) is 4.03. The van der Waals surface area contributed by atoms with Crippen LogP contribution in [0.15, 0.2) is 60.7 Å². The van der Waals surface area contributed by atoms with E-state index in [2.05, 4.69) is 27.2 Å². The lowest BCUT2D eigenvalue weighted by Gasteiger charge is -2.08. The molecule has 0 fully saturated rings. The summed E-state index contributed by atoms with van der Waals surface area (Å²) in [5, 5.41) is 4.64. The Hall–Kier alpha value is -3.21. The van der Waals surface area contributed by atoms with Gasteiger partial charge in [0.05, 0.1) is 11.4 Å². The molecular formula is C19H17N5. The van der Waals surface area contributed by atoms with Gasteiger partial charge in [-0.3, -0.25) is 0 Å². The Balaban J connectivity index is 1.82. The molecule has 2 aromatic heterocycles. The normalized spacial score (nSPS) is 11.0. The second-order valence-corrected chi connectivity index (χ2v) is 5.72. The monoisotopic (exact) mass is 315 g/mol. The molecule has 4 rings (SSSR count). The van der Waals surface area contributed by atoms with Gasteiger partial charge < -0.3 is 5.73 Å². The topological polar surface area (TPSA) is 69.1 Å². The van der Waals surface area contributed by atoms with Gasteiger partial charge >= 0.3 is 0 Å². The van der Waals surface area contributed by atoms with E-state index in [1.807, 2.05) is 55.5 Å². The molecule has 5 heteroatoms. The van der Waals surface area contributed by atoms with Crippen molar-refractivity contribution in [2.24, 2.45) is 0 Å². The second kappa shape index (κ2) is 5.77. The van der Waals surface area contributed by atoms with Gasteiger partial charge in [-0.2, -0.15) is 5.10 Å². The number of benzene rings is 2. The van der Waals surface area contributed by atoms with Gasteiger partial charge in [0, 0.05) is 12.0 Å². The Bertz CT molecular complexity index is 991. The number of hydrogen-bond donors (Lipinski definition) is 1. The highest BCUT2D eigenvalue weighted by molar-refractivity contribution is 5.69. The van der Waals surface area contributed by atoms with Gasteiger partial charge in [0.1, 0.15) is 0 Å². The molecule has 0 spiro atoms. The quantitative estimate of drug-likeness (QED) is 0.630. The van der Waals surface area contributed by atoms with Crippen LogP contribution in [0.25, 0.3) is 16.9 Å². The number of fused-ring (bicyclic) bond motifs is 1. The molecular weight excluding hydrogens is 298 g/mol. The summed E-state index contributed by atoms with van der Waals surface area (Å²) in [6, 6.07) is 20.1. The van der Waals surface area contributed by atoms with E-state index in [1.54, 1.807) is 4.52 Å². The lowest BCUT2D eigenvalue weighted by atomic mass is 10.1. The molecule has 0 aliphatic carbocycles. The maximum atomic E-state index is 6.14. The van der Waals surface area contributed by atoms with Crippen molar-refractivity contribution in [2.45, 2.75) is 13.3 Å². The van der Waals surface area contributed by atoms with Gasteiger partial charge in [0.2, 0.25) is 0 Å². The summed E-state index contributed by atoms with van der Waals surface area (Å²) in [4.78, 5) is 9.11. The van der Waals surface area contributed by atoms with Crippen LogP contribution in [0.4, 0.5) is 5.82 Å². The number of aromatic nitrogens is 4. The predicted octanol–water partition coefficient (Wildman–Crippen LogP) is 3.27. The third-order valence-electron chi connectivity index (χ3n) is 4.03. The number of anilines is 1.